The highest BCUT2D eigenvalue weighted by Crippen LogP contribution is 2.46. The van der Waals surface area contributed by atoms with Gasteiger partial charge >= 0.3 is 12.1 Å². The first-order chi connectivity index (χ1) is 17.0. The zero-order chi connectivity index (χ0) is 26.1. The lowest BCUT2D eigenvalue weighted by Gasteiger charge is -2.27. The molecule has 1 heterocycles. The van der Waals surface area contributed by atoms with Crippen LogP contribution in [0.4, 0.5) is 13.2 Å². The van der Waals surface area contributed by atoms with Crippen LogP contribution in [-0.2, 0) is 17.4 Å². The summed E-state index contributed by atoms with van der Waals surface area (Å²) in [6.07, 6.45) is -2.28. The van der Waals surface area contributed by atoms with Crippen molar-refractivity contribution in [3.8, 4) is 22.1 Å². The van der Waals surface area contributed by atoms with Crippen LogP contribution in [0.1, 0.15) is 55.1 Å². The Morgan fingerprint density at radius 2 is 1.89 bits per heavy atom. The lowest BCUT2D eigenvalue weighted by atomic mass is 9.76. The molecule has 1 N–H and O–H groups in total. The molecule has 2 aromatic carbocycles. The van der Waals surface area contributed by atoms with Crippen LogP contribution in [0.5, 0.6) is 11.5 Å². The smallest absolute Gasteiger partial charge is 0.452 e. The van der Waals surface area contributed by atoms with E-state index in [9.17, 15) is 23.1 Å². The Kier molecular flexibility index (Phi) is 7.26. The van der Waals surface area contributed by atoms with Gasteiger partial charge in [0.25, 0.3) is 0 Å². The summed E-state index contributed by atoms with van der Waals surface area (Å²) < 4.78 is 53.3. The zero-order valence-corrected chi connectivity index (χ0v) is 21.0. The molecule has 1 aliphatic rings. The van der Waals surface area contributed by atoms with Gasteiger partial charge in [0, 0.05) is 17.9 Å². The number of benzene rings is 2. The molecule has 10 heteroatoms. The number of rotatable bonds is 9. The van der Waals surface area contributed by atoms with Crippen LogP contribution in [0.15, 0.2) is 36.4 Å². The van der Waals surface area contributed by atoms with Crippen LogP contribution in [-0.4, -0.2) is 33.6 Å². The van der Waals surface area contributed by atoms with Crippen molar-refractivity contribution in [2.45, 2.75) is 52.1 Å². The van der Waals surface area contributed by atoms with Gasteiger partial charge in [0.15, 0.2) is 0 Å². The fraction of sp³-hybridized carbons (Fsp3) is 0.423. The van der Waals surface area contributed by atoms with Crippen LogP contribution >= 0.6 is 11.5 Å². The molecular formula is C26H27F3N2O4S. The second-order valence-corrected chi connectivity index (χ2v) is 10.2. The van der Waals surface area contributed by atoms with E-state index in [1.165, 1.54) is 0 Å². The molecule has 192 valence electrons. The van der Waals surface area contributed by atoms with E-state index < -0.39 is 23.4 Å². The molecule has 0 saturated carbocycles. The number of carboxylic acid groups (broad SMARTS) is 1. The first-order valence-electron chi connectivity index (χ1n) is 11.6. The summed E-state index contributed by atoms with van der Waals surface area (Å²) in [5.74, 6) is -0.544. The van der Waals surface area contributed by atoms with E-state index >= 15 is 0 Å². The van der Waals surface area contributed by atoms with Gasteiger partial charge < -0.3 is 14.6 Å². The molecule has 1 aromatic heterocycles. The van der Waals surface area contributed by atoms with Gasteiger partial charge in [-0.1, -0.05) is 6.07 Å². The highest BCUT2D eigenvalue weighted by atomic mass is 32.1. The fourth-order valence-electron chi connectivity index (χ4n) is 4.41. The second kappa shape index (κ2) is 10.1. The Morgan fingerprint density at radius 3 is 2.56 bits per heavy atom. The number of hydrogen-bond donors (Lipinski definition) is 1. The van der Waals surface area contributed by atoms with Crippen molar-refractivity contribution in [1.82, 2.24) is 9.36 Å². The molecule has 3 aromatic rings. The third-order valence-corrected chi connectivity index (χ3v) is 7.30. The number of alkyl halides is 3. The molecule has 0 saturated heterocycles. The zero-order valence-electron chi connectivity index (χ0n) is 20.2. The van der Waals surface area contributed by atoms with Crippen molar-refractivity contribution >= 4 is 17.5 Å². The molecule has 1 atom stereocenters. The molecule has 0 amide bonds. The number of halogens is 3. The monoisotopic (exact) mass is 520 g/mol. The molecule has 4 rings (SSSR count). The molecule has 0 spiro atoms. The Hall–Kier alpha value is -3.14. The molecular weight excluding hydrogens is 493 g/mol. The molecule has 36 heavy (non-hydrogen) atoms. The number of nitrogens with zero attached hydrogens (tertiary/aromatic N) is 2. The lowest BCUT2D eigenvalue weighted by molar-refractivity contribution is -0.148. The molecule has 0 radical (unpaired) electrons. The number of ether oxygens (including phenoxy) is 2. The van der Waals surface area contributed by atoms with Crippen molar-refractivity contribution in [3.63, 3.8) is 0 Å². The lowest BCUT2D eigenvalue weighted by Crippen LogP contribution is -2.30. The van der Waals surface area contributed by atoms with Crippen molar-refractivity contribution in [2.24, 2.45) is 5.41 Å². The highest BCUT2D eigenvalue weighted by molar-refractivity contribution is 7.09. The highest BCUT2D eigenvalue weighted by Gasteiger charge is 2.41. The van der Waals surface area contributed by atoms with Crippen LogP contribution in [0.3, 0.4) is 0 Å². The van der Waals surface area contributed by atoms with Gasteiger partial charge in [0.1, 0.15) is 16.5 Å². The summed E-state index contributed by atoms with van der Waals surface area (Å²) in [7, 11) is 0. The van der Waals surface area contributed by atoms with Gasteiger partial charge in [0.05, 0.1) is 18.6 Å². The van der Waals surface area contributed by atoms with Gasteiger partial charge in [-0.25, -0.2) is 4.98 Å². The Balaban J connectivity index is 1.27. The van der Waals surface area contributed by atoms with Crippen molar-refractivity contribution in [1.29, 1.82) is 0 Å². The Bertz CT molecular complexity index is 1260. The minimum absolute atomic E-state index is 0.0133. The summed E-state index contributed by atoms with van der Waals surface area (Å²) in [6.45, 7) is 6.23. The van der Waals surface area contributed by atoms with Crippen molar-refractivity contribution in [2.75, 3.05) is 13.2 Å². The van der Waals surface area contributed by atoms with E-state index in [1.54, 1.807) is 32.0 Å². The fourth-order valence-corrected chi connectivity index (χ4v) is 5.09. The van der Waals surface area contributed by atoms with Gasteiger partial charge in [-0.05, 0) is 92.2 Å². The van der Waals surface area contributed by atoms with Crippen LogP contribution < -0.4 is 9.47 Å². The maximum absolute atomic E-state index is 12.7. The summed E-state index contributed by atoms with van der Waals surface area (Å²) in [6, 6.07) is 11.0. The van der Waals surface area contributed by atoms with Crippen LogP contribution in [0.25, 0.3) is 10.6 Å². The first-order valence-corrected chi connectivity index (χ1v) is 12.4. The summed E-state index contributed by atoms with van der Waals surface area (Å²) in [5.41, 5.74) is 2.75. The topological polar surface area (TPSA) is 81.5 Å². The Labute approximate surface area is 211 Å². The van der Waals surface area contributed by atoms with E-state index in [2.05, 4.69) is 9.36 Å². The number of aliphatic carboxylic acids is 1. The molecule has 1 aliphatic carbocycles. The minimum Gasteiger partial charge on any atom is -0.493 e. The van der Waals surface area contributed by atoms with Gasteiger partial charge in [-0.2, -0.15) is 17.5 Å². The standard InChI is InChI=1S/C26H27F3N2O4S/c1-15-13-17(22-30-23(31-36-22)26(27,28)29)6-10-21(15)35-12-4-11-34-18-7-8-19-16(14-18)5-9-20(19)25(2,3)24(32)33/h6-8,10,13-14,20H,4-5,9,11-12H2,1-3H3,(H,32,33)/t20-/m0/s1. The molecule has 0 aliphatic heterocycles. The number of carbonyl (C=O) groups is 1. The van der Waals surface area contributed by atoms with Crippen LogP contribution in [0.2, 0.25) is 0 Å². The summed E-state index contributed by atoms with van der Waals surface area (Å²) in [5, 5.41) is 9.77. The number of aryl methyl sites for hydroxylation is 2. The first kappa shape index (κ1) is 25.9. The number of hydrogen-bond acceptors (Lipinski definition) is 6. The van der Waals surface area contributed by atoms with Gasteiger partial charge in [-0.15, -0.1) is 0 Å². The largest absolute Gasteiger partial charge is 0.493 e. The normalized spacial score (nSPS) is 15.6. The Morgan fingerprint density at radius 1 is 1.14 bits per heavy atom. The number of carboxylic acids is 1. The third kappa shape index (κ3) is 5.48. The maximum Gasteiger partial charge on any atom is 0.452 e. The molecule has 0 unspecified atom stereocenters. The van der Waals surface area contributed by atoms with Crippen molar-refractivity contribution in [3.05, 3.63) is 58.9 Å². The molecule has 0 fully saturated rings. The predicted molar refractivity (Wildman–Crippen MR) is 130 cm³/mol. The maximum atomic E-state index is 12.7. The van der Waals surface area contributed by atoms with Crippen LogP contribution in [0, 0.1) is 12.3 Å². The van der Waals surface area contributed by atoms with E-state index in [-0.39, 0.29) is 10.9 Å². The van der Waals surface area contributed by atoms with Crippen molar-refractivity contribution < 1.29 is 32.5 Å². The van der Waals surface area contributed by atoms with Gasteiger partial charge in [0.2, 0.25) is 5.82 Å². The summed E-state index contributed by atoms with van der Waals surface area (Å²) in [4.78, 5) is 15.2. The number of fused-ring (bicyclic) bond motifs is 1. The average molecular weight is 521 g/mol. The van der Waals surface area contributed by atoms with Gasteiger partial charge in [-0.3, -0.25) is 4.79 Å². The minimum atomic E-state index is -4.56. The molecule has 0 bridgehead atoms. The second-order valence-electron chi connectivity index (χ2n) is 9.43. The van der Waals surface area contributed by atoms with E-state index in [0.717, 1.165) is 35.3 Å². The quantitative estimate of drug-likeness (QED) is 0.324. The van der Waals surface area contributed by atoms with E-state index in [4.69, 9.17) is 9.47 Å². The summed E-state index contributed by atoms with van der Waals surface area (Å²) >= 11 is 0.712. The van der Waals surface area contributed by atoms with E-state index in [1.807, 2.05) is 25.1 Å². The predicted octanol–water partition coefficient (Wildman–Crippen LogP) is 6.52. The van der Waals surface area contributed by atoms with E-state index in [0.29, 0.717) is 42.5 Å². The molecule has 6 nitrogen and oxygen atoms in total. The number of aromatic nitrogens is 2. The third-order valence-electron chi connectivity index (χ3n) is 6.53. The average Bonchev–Trinajstić information content (AvgIpc) is 3.47. The SMILES string of the molecule is Cc1cc(-c2nc(C(F)(F)F)ns2)ccc1OCCCOc1ccc2c(c1)CC[C@@H]2C(C)(C)C(=O)O.